The molecule has 0 N–H and O–H groups in total. The fraction of sp³-hybridized carbons (Fsp3) is 0.500. The molecule has 1 saturated heterocycles. The Morgan fingerprint density at radius 3 is 2.54 bits per heavy atom. The van der Waals surface area contributed by atoms with Crippen LogP contribution in [0.4, 0.5) is 0 Å². The van der Waals surface area contributed by atoms with Gasteiger partial charge in [-0.25, -0.2) is 4.68 Å². The summed E-state index contributed by atoms with van der Waals surface area (Å²) in [5, 5.41) is 11.8. The second-order valence-corrected chi connectivity index (χ2v) is 7.24. The zero-order valence-corrected chi connectivity index (χ0v) is 14.8. The average molecular weight is 346 g/mol. The number of hydrogen-bond acceptors (Lipinski definition) is 6. The van der Waals surface area contributed by atoms with Crippen LogP contribution in [0.1, 0.15) is 12.5 Å². The first-order chi connectivity index (χ1) is 11.6. The van der Waals surface area contributed by atoms with Gasteiger partial charge in [-0.15, -0.1) is 5.10 Å². The van der Waals surface area contributed by atoms with E-state index >= 15 is 0 Å². The number of rotatable bonds is 5. The zero-order valence-electron chi connectivity index (χ0n) is 14.0. The monoisotopic (exact) mass is 346 g/mol. The van der Waals surface area contributed by atoms with Gasteiger partial charge in [0, 0.05) is 39.8 Å². The van der Waals surface area contributed by atoms with Crippen molar-refractivity contribution in [1.29, 1.82) is 0 Å². The van der Waals surface area contributed by atoms with Crippen molar-refractivity contribution in [2.75, 3.05) is 26.2 Å². The molecule has 0 bridgehead atoms. The molecule has 24 heavy (non-hydrogen) atoms. The number of piperazine rings is 1. The Morgan fingerprint density at radius 2 is 1.92 bits per heavy atom. The number of amides is 1. The van der Waals surface area contributed by atoms with Crippen molar-refractivity contribution < 1.29 is 4.79 Å². The predicted molar refractivity (Wildman–Crippen MR) is 92.4 cm³/mol. The van der Waals surface area contributed by atoms with Crippen molar-refractivity contribution in [3.8, 4) is 0 Å². The molecular formula is C16H22N6OS. The lowest BCUT2D eigenvalue weighted by Crippen LogP contribution is -2.50. The van der Waals surface area contributed by atoms with E-state index in [9.17, 15) is 4.79 Å². The number of carbonyl (C=O) groups excluding carboxylic acids is 1. The lowest BCUT2D eigenvalue weighted by atomic mass is 10.2. The number of hydrogen-bond donors (Lipinski definition) is 0. The molecule has 0 radical (unpaired) electrons. The molecule has 0 spiro atoms. The lowest BCUT2D eigenvalue weighted by molar-refractivity contribution is -0.132. The van der Waals surface area contributed by atoms with Gasteiger partial charge in [-0.1, -0.05) is 42.1 Å². The van der Waals surface area contributed by atoms with E-state index in [1.807, 2.05) is 17.9 Å². The first-order valence-corrected chi connectivity index (χ1v) is 8.95. The van der Waals surface area contributed by atoms with E-state index in [4.69, 9.17) is 0 Å². The molecule has 8 heteroatoms. The number of benzene rings is 1. The van der Waals surface area contributed by atoms with E-state index < -0.39 is 0 Å². The topological polar surface area (TPSA) is 67.2 Å². The summed E-state index contributed by atoms with van der Waals surface area (Å²) in [5.41, 5.74) is 1.32. The molecule has 3 rings (SSSR count). The summed E-state index contributed by atoms with van der Waals surface area (Å²) >= 11 is 1.40. The van der Waals surface area contributed by atoms with E-state index in [1.165, 1.54) is 17.3 Å². The predicted octanol–water partition coefficient (Wildman–Crippen LogP) is 1.04. The molecule has 1 fully saturated rings. The Morgan fingerprint density at radius 1 is 1.21 bits per heavy atom. The van der Waals surface area contributed by atoms with Crippen LogP contribution < -0.4 is 0 Å². The second kappa shape index (κ2) is 7.76. The van der Waals surface area contributed by atoms with E-state index in [0.717, 1.165) is 32.7 Å². The van der Waals surface area contributed by atoms with Crippen LogP contribution in [-0.2, 0) is 18.4 Å². The molecule has 1 amide bonds. The fourth-order valence-corrected chi connectivity index (χ4v) is 3.59. The van der Waals surface area contributed by atoms with Crippen molar-refractivity contribution in [2.45, 2.75) is 23.9 Å². The van der Waals surface area contributed by atoms with E-state index in [-0.39, 0.29) is 11.2 Å². The number of thioether (sulfide) groups is 1. The van der Waals surface area contributed by atoms with Gasteiger partial charge in [-0.2, -0.15) is 0 Å². The van der Waals surface area contributed by atoms with Gasteiger partial charge in [0.2, 0.25) is 11.1 Å². The summed E-state index contributed by atoms with van der Waals surface area (Å²) in [6.07, 6.45) is 0. The highest BCUT2D eigenvalue weighted by Gasteiger charge is 2.26. The minimum atomic E-state index is -0.185. The molecule has 1 aliphatic heterocycles. The summed E-state index contributed by atoms with van der Waals surface area (Å²) < 4.78 is 1.59. The maximum atomic E-state index is 12.6. The Kier molecular flexibility index (Phi) is 5.47. The molecule has 0 saturated carbocycles. The minimum Gasteiger partial charge on any atom is -0.339 e. The maximum Gasteiger partial charge on any atom is 0.235 e. The van der Waals surface area contributed by atoms with Gasteiger partial charge >= 0.3 is 0 Å². The molecular weight excluding hydrogens is 324 g/mol. The highest BCUT2D eigenvalue weighted by molar-refractivity contribution is 8.00. The third-order valence-corrected chi connectivity index (χ3v) is 5.26. The van der Waals surface area contributed by atoms with Crippen LogP contribution in [0.15, 0.2) is 35.5 Å². The molecule has 2 heterocycles. The Balaban J connectivity index is 1.49. The van der Waals surface area contributed by atoms with Gasteiger partial charge < -0.3 is 4.90 Å². The lowest BCUT2D eigenvalue weighted by Gasteiger charge is -2.35. The molecule has 7 nitrogen and oxygen atoms in total. The van der Waals surface area contributed by atoms with Crippen molar-refractivity contribution >= 4 is 17.7 Å². The van der Waals surface area contributed by atoms with Crippen molar-refractivity contribution in [3.63, 3.8) is 0 Å². The van der Waals surface area contributed by atoms with Gasteiger partial charge in [0.1, 0.15) is 0 Å². The normalized spacial score (nSPS) is 17.0. The third kappa shape index (κ3) is 4.12. The van der Waals surface area contributed by atoms with Gasteiger partial charge in [-0.05, 0) is 22.9 Å². The highest BCUT2D eigenvalue weighted by atomic mass is 32.2. The number of aryl methyl sites for hydroxylation is 1. The van der Waals surface area contributed by atoms with E-state index in [1.54, 1.807) is 11.7 Å². The maximum absolute atomic E-state index is 12.6. The van der Waals surface area contributed by atoms with Crippen LogP contribution in [0.25, 0.3) is 0 Å². The van der Waals surface area contributed by atoms with E-state index in [0.29, 0.717) is 5.16 Å². The van der Waals surface area contributed by atoms with Crippen LogP contribution >= 0.6 is 11.8 Å². The molecule has 0 aliphatic carbocycles. The van der Waals surface area contributed by atoms with Gasteiger partial charge in [0.25, 0.3) is 0 Å². The van der Waals surface area contributed by atoms with Crippen molar-refractivity contribution in [3.05, 3.63) is 35.9 Å². The van der Waals surface area contributed by atoms with Crippen LogP contribution in [0.3, 0.4) is 0 Å². The van der Waals surface area contributed by atoms with Crippen LogP contribution in [0.2, 0.25) is 0 Å². The zero-order chi connectivity index (χ0) is 16.9. The Hall–Kier alpha value is -1.93. The molecule has 128 valence electrons. The first-order valence-electron chi connectivity index (χ1n) is 8.07. The van der Waals surface area contributed by atoms with Crippen LogP contribution in [0.5, 0.6) is 0 Å². The van der Waals surface area contributed by atoms with Crippen molar-refractivity contribution in [1.82, 2.24) is 30.0 Å². The van der Waals surface area contributed by atoms with Gasteiger partial charge in [-0.3, -0.25) is 9.69 Å². The number of nitrogens with zero attached hydrogens (tertiary/aromatic N) is 6. The Labute approximate surface area is 146 Å². The summed E-state index contributed by atoms with van der Waals surface area (Å²) in [7, 11) is 1.78. The molecule has 1 atom stereocenters. The molecule has 1 aromatic carbocycles. The fourth-order valence-electron chi connectivity index (χ4n) is 2.75. The summed E-state index contributed by atoms with van der Waals surface area (Å²) in [6, 6.07) is 10.5. The smallest absolute Gasteiger partial charge is 0.235 e. The summed E-state index contributed by atoms with van der Waals surface area (Å²) in [4.78, 5) is 16.9. The van der Waals surface area contributed by atoms with Crippen LogP contribution in [0, 0.1) is 0 Å². The molecule has 1 aromatic heterocycles. The second-order valence-electron chi connectivity index (χ2n) is 5.93. The quantitative estimate of drug-likeness (QED) is 0.754. The summed E-state index contributed by atoms with van der Waals surface area (Å²) in [6.45, 7) is 6.21. The SMILES string of the molecule is CC(Sc1nnnn1C)C(=O)N1CCN(Cc2ccccc2)CC1. The largest absolute Gasteiger partial charge is 0.339 e. The van der Waals surface area contributed by atoms with Gasteiger partial charge in [0.15, 0.2) is 0 Å². The van der Waals surface area contributed by atoms with E-state index in [2.05, 4.69) is 44.7 Å². The molecule has 2 aromatic rings. The first kappa shape index (κ1) is 16.9. The Bertz CT molecular complexity index is 668. The number of aromatic nitrogens is 4. The standard InChI is InChI=1S/C16H22N6OS/c1-13(24-16-17-18-19-20(16)2)15(23)22-10-8-21(9-11-22)12-14-6-4-3-5-7-14/h3-7,13H,8-12H2,1-2H3. The van der Waals surface area contributed by atoms with Crippen LogP contribution in [-0.4, -0.2) is 67.3 Å². The minimum absolute atomic E-state index is 0.155. The average Bonchev–Trinajstić information content (AvgIpc) is 3.00. The highest BCUT2D eigenvalue weighted by Crippen LogP contribution is 2.21. The van der Waals surface area contributed by atoms with Gasteiger partial charge in [0.05, 0.1) is 5.25 Å². The van der Waals surface area contributed by atoms with Crippen molar-refractivity contribution in [2.24, 2.45) is 7.05 Å². The molecule has 1 aliphatic rings. The summed E-state index contributed by atoms with van der Waals surface area (Å²) in [5.74, 6) is 0.155. The third-order valence-electron chi connectivity index (χ3n) is 4.14. The number of tetrazole rings is 1. The number of carbonyl (C=O) groups is 1. The molecule has 1 unspecified atom stereocenters.